The minimum Gasteiger partial charge on any atom is -0.482 e. The zero-order valence-corrected chi connectivity index (χ0v) is 7.54. The van der Waals surface area contributed by atoms with Crippen LogP contribution in [-0.4, -0.2) is 10.6 Å². The number of benzene rings is 1. The average molecular weight is 217 g/mol. The van der Waals surface area contributed by atoms with Crippen molar-refractivity contribution >= 4 is 15.9 Å². The Morgan fingerprint density at radius 1 is 1.45 bits per heavy atom. The highest BCUT2D eigenvalue weighted by atomic mass is 79.9. The van der Waals surface area contributed by atoms with Gasteiger partial charge in [-0.1, -0.05) is 12.1 Å². The van der Waals surface area contributed by atoms with Crippen molar-refractivity contribution in [3.05, 3.63) is 29.8 Å². The van der Waals surface area contributed by atoms with Gasteiger partial charge in [-0.25, -0.2) is 0 Å². The maximum atomic E-state index is 8.76. The van der Waals surface area contributed by atoms with E-state index in [1.807, 2.05) is 18.2 Å². The molecule has 2 nitrogen and oxygen atoms in total. The van der Waals surface area contributed by atoms with E-state index < -0.39 is 0 Å². The third-order valence-electron chi connectivity index (χ3n) is 1.30. The van der Waals surface area contributed by atoms with Crippen LogP contribution in [0.25, 0.3) is 0 Å². The molecule has 3 heteroatoms. The fourth-order valence-corrected chi connectivity index (χ4v) is 1.06. The lowest BCUT2D eigenvalue weighted by Gasteiger charge is -2.02. The van der Waals surface area contributed by atoms with Crippen molar-refractivity contribution in [3.63, 3.8) is 0 Å². The van der Waals surface area contributed by atoms with E-state index in [0.717, 1.165) is 11.3 Å². The van der Waals surface area contributed by atoms with Crippen molar-refractivity contribution in [2.24, 2.45) is 0 Å². The Kier molecular flexibility index (Phi) is 3.39. The van der Waals surface area contributed by atoms with E-state index in [-0.39, 0.29) is 6.61 Å². The molecule has 0 aliphatic heterocycles. The Morgan fingerprint density at radius 2 is 2.27 bits per heavy atom. The number of halogens is 1. The molecule has 0 aliphatic carbocycles. The molecule has 1 aromatic rings. The van der Waals surface area contributed by atoms with Gasteiger partial charge in [0.2, 0.25) is 0 Å². The van der Waals surface area contributed by atoms with E-state index in [0.29, 0.717) is 5.52 Å². The van der Waals surface area contributed by atoms with Crippen LogP contribution in [0.1, 0.15) is 5.56 Å². The van der Waals surface area contributed by atoms with Crippen LogP contribution in [0.2, 0.25) is 0 Å². The van der Waals surface area contributed by atoms with E-state index >= 15 is 0 Å². The number of ether oxygens (including phenoxy) is 1. The Balaban J connectivity index is 2.74. The molecule has 0 spiro atoms. The van der Waals surface area contributed by atoms with E-state index in [9.17, 15) is 0 Å². The van der Waals surface area contributed by atoms with Crippen molar-refractivity contribution in [2.45, 2.75) is 6.61 Å². The lowest BCUT2D eigenvalue weighted by molar-refractivity contribution is 0.281. The molecule has 0 atom stereocenters. The Morgan fingerprint density at radius 3 is 2.91 bits per heavy atom. The summed E-state index contributed by atoms with van der Waals surface area (Å²) in [5.41, 5.74) is 1.34. The summed E-state index contributed by atoms with van der Waals surface area (Å²) in [6.45, 7) is 0.0550. The van der Waals surface area contributed by atoms with Crippen molar-refractivity contribution in [2.75, 3.05) is 5.52 Å². The molecule has 11 heavy (non-hydrogen) atoms. The van der Waals surface area contributed by atoms with Gasteiger partial charge in [-0.05, 0) is 33.6 Å². The smallest absolute Gasteiger partial charge is 0.143 e. The molecule has 0 aromatic heterocycles. The molecule has 0 amide bonds. The molecule has 0 fully saturated rings. The molecular formula is C8H9BrO2. The van der Waals surface area contributed by atoms with E-state index in [1.54, 1.807) is 6.07 Å². The van der Waals surface area contributed by atoms with Gasteiger partial charge in [0.15, 0.2) is 0 Å². The van der Waals surface area contributed by atoms with Gasteiger partial charge in [-0.15, -0.1) is 0 Å². The second-order valence-electron chi connectivity index (χ2n) is 2.06. The van der Waals surface area contributed by atoms with E-state index in [4.69, 9.17) is 9.84 Å². The van der Waals surface area contributed by atoms with Gasteiger partial charge in [0.05, 0.1) is 6.61 Å². The minimum absolute atomic E-state index is 0.0550. The topological polar surface area (TPSA) is 29.5 Å². The number of hydrogen-bond donors (Lipinski definition) is 1. The summed E-state index contributed by atoms with van der Waals surface area (Å²) in [6, 6.07) is 7.35. The Bertz CT molecular complexity index is 225. The molecule has 0 saturated carbocycles. The first-order valence-corrected chi connectivity index (χ1v) is 4.37. The van der Waals surface area contributed by atoms with Gasteiger partial charge in [0, 0.05) is 0 Å². The Hall–Kier alpha value is -0.540. The molecule has 0 bridgehead atoms. The van der Waals surface area contributed by atoms with Gasteiger partial charge in [0.25, 0.3) is 0 Å². The standard InChI is InChI=1S/C8H9BrO2/c9-6-11-8-3-1-2-7(4-8)5-10/h1-4,10H,5-6H2. The highest BCUT2D eigenvalue weighted by molar-refractivity contribution is 9.09. The van der Waals surface area contributed by atoms with Crippen molar-refractivity contribution in [1.82, 2.24) is 0 Å². The lowest BCUT2D eigenvalue weighted by atomic mass is 10.2. The van der Waals surface area contributed by atoms with Gasteiger partial charge in [-0.2, -0.15) is 0 Å². The fourth-order valence-electron chi connectivity index (χ4n) is 0.797. The van der Waals surface area contributed by atoms with Crippen LogP contribution in [0, 0.1) is 0 Å². The van der Waals surface area contributed by atoms with Gasteiger partial charge >= 0.3 is 0 Å². The van der Waals surface area contributed by atoms with Crippen LogP contribution < -0.4 is 4.74 Å². The predicted molar refractivity (Wildman–Crippen MR) is 46.8 cm³/mol. The molecule has 1 N–H and O–H groups in total. The maximum Gasteiger partial charge on any atom is 0.143 e. The number of rotatable bonds is 3. The lowest BCUT2D eigenvalue weighted by Crippen LogP contribution is -1.89. The summed E-state index contributed by atoms with van der Waals surface area (Å²) in [6.07, 6.45) is 0. The zero-order chi connectivity index (χ0) is 8.10. The SMILES string of the molecule is OCc1cccc(OCBr)c1. The molecule has 0 radical (unpaired) electrons. The first-order chi connectivity index (χ1) is 5.36. The summed E-state index contributed by atoms with van der Waals surface area (Å²) in [7, 11) is 0. The van der Waals surface area contributed by atoms with Crippen LogP contribution in [0.3, 0.4) is 0 Å². The number of aliphatic hydroxyl groups excluding tert-OH is 1. The summed E-state index contributed by atoms with van der Waals surface area (Å²) < 4.78 is 5.15. The van der Waals surface area contributed by atoms with Crippen molar-refractivity contribution in [1.29, 1.82) is 0 Å². The molecule has 0 unspecified atom stereocenters. The van der Waals surface area contributed by atoms with Crippen LogP contribution >= 0.6 is 15.9 Å². The third-order valence-corrected chi connectivity index (χ3v) is 1.53. The average Bonchev–Trinajstić information content (AvgIpc) is 2.06. The second kappa shape index (κ2) is 4.36. The number of aliphatic hydroxyl groups is 1. The second-order valence-corrected chi connectivity index (χ2v) is 2.52. The Labute approximate surface area is 73.9 Å². The monoisotopic (exact) mass is 216 g/mol. The molecular weight excluding hydrogens is 208 g/mol. The van der Waals surface area contributed by atoms with Gasteiger partial charge < -0.3 is 9.84 Å². The number of hydrogen-bond acceptors (Lipinski definition) is 2. The highest BCUT2D eigenvalue weighted by Crippen LogP contribution is 2.13. The zero-order valence-electron chi connectivity index (χ0n) is 5.96. The quantitative estimate of drug-likeness (QED) is 0.783. The third kappa shape index (κ3) is 2.52. The molecule has 60 valence electrons. The first kappa shape index (κ1) is 8.56. The summed E-state index contributed by atoms with van der Waals surface area (Å²) in [5, 5.41) is 8.76. The molecule has 1 aromatic carbocycles. The maximum absolute atomic E-state index is 8.76. The first-order valence-electron chi connectivity index (χ1n) is 3.25. The predicted octanol–water partition coefficient (Wildman–Crippen LogP) is 1.91. The van der Waals surface area contributed by atoms with Gasteiger partial charge in [-0.3, -0.25) is 0 Å². The van der Waals surface area contributed by atoms with E-state index in [2.05, 4.69) is 15.9 Å². The van der Waals surface area contributed by atoms with Crippen molar-refractivity contribution < 1.29 is 9.84 Å². The summed E-state index contributed by atoms with van der Waals surface area (Å²) >= 11 is 3.15. The van der Waals surface area contributed by atoms with Crippen LogP contribution in [0.4, 0.5) is 0 Å². The van der Waals surface area contributed by atoms with Crippen molar-refractivity contribution in [3.8, 4) is 5.75 Å². The number of alkyl halides is 1. The van der Waals surface area contributed by atoms with Gasteiger partial charge in [0.1, 0.15) is 11.3 Å². The molecule has 0 heterocycles. The van der Waals surface area contributed by atoms with Crippen LogP contribution in [-0.2, 0) is 6.61 Å². The highest BCUT2D eigenvalue weighted by Gasteiger charge is 1.93. The molecule has 1 rings (SSSR count). The summed E-state index contributed by atoms with van der Waals surface area (Å²) in [4.78, 5) is 0. The van der Waals surface area contributed by atoms with E-state index in [1.165, 1.54) is 0 Å². The normalized spacial score (nSPS) is 9.64. The van der Waals surface area contributed by atoms with Crippen LogP contribution in [0.5, 0.6) is 5.75 Å². The molecule has 0 aliphatic rings. The summed E-state index contributed by atoms with van der Waals surface area (Å²) in [5.74, 6) is 0.772. The fraction of sp³-hybridized carbons (Fsp3) is 0.250. The largest absolute Gasteiger partial charge is 0.482 e. The molecule has 0 saturated heterocycles. The van der Waals surface area contributed by atoms with Crippen LogP contribution in [0.15, 0.2) is 24.3 Å². The minimum atomic E-state index is 0.0550.